The second kappa shape index (κ2) is 15.8. The normalized spacial score (nSPS) is 13.6. The van der Waals surface area contributed by atoms with Gasteiger partial charge in [-0.05, 0) is 0 Å². The SMILES string of the molecule is CCC[CH2][Sn]([CH2]CCC)([CH2]CCC)[CH2]C(O)C(CO)NN(c1ccccc1)c1ccccc1. The van der Waals surface area contributed by atoms with Crippen LogP contribution in [0.25, 0.3) is 0 Å². The third-order valence-corrected chi connectivity index (χ3v) is 22.6. The van der Waals surface area contributed by atoms with E-state index < -0.39 is 30.5 Å². The van der Waals surface area contributed by atoms with Gasteiger partial charge in [0.15, 0.2) is 0 Å². The number of para-hydroxylation sites is 2. The molecule has 2 aromatic rings. The summed E-state index contributed by atoms with van der Waals surface area (Å²) in [5.41, 5.74) is 5.48. The van der Waals surface area contributed by atoms with Crippen LogP contribution in [0.15, 0.2) is 60.7 Å². The summed E-state index contributed by atoms with van der Waals surface area (Å²) in [6.07, 6.45) is 7.00. The molecule has 4 nitrogen and oxygen atoms in total. The Hall–Kier alpha value is -1.08. The van der Waals surface area contributed by atoms with Gasteiger partial charge in [-0.15, -0.1) is 0 Å². The molecule has 33 heavy (non-hydrogen) atoms. The molecule has 0 heterocycles. The Balaban J connectivity index is 2.25. The summed E-state index contributed by atoms with van der Waals surface area (Å²) in [7, 11) is 0. The number of benzene rings is 2. The van der Waals surface area contributed by atoms with Crippen molar-refractivity contribution in [2.45, 2.75) is 89.2 Å². The van der Waals surface area contributed by atoms with E-state index in [0.717, 1.165) is 15.8 Å². The molecule has 0 aliphatic rings. The van der Waals surface area contributed by atoms with Crippen LogP contribution in [0.4, 0.5) is 11.4 Å². The Bertz CT molecular complexity index is 683. The van der Waals surface area contributed by atoms with Crippen LogP contribution in [0.1, 0.15) is 59.3 Å². The molecule has 0 saturated carbocycles. The summed E-state index contributed by atoms with van der Waals surface area (Å²) in [5, 5.41) is 23.8. The van der Waals surface area contributed by atoms with Gasteiger partial charge in [-0.25, -0.2) is 0 Å². The maximum atomic E-state index is 11.5. The molecule has 2 aromatic carbocycles. The van der Waals surface area contributed by atoms with Crippen molar-refractivity contribution < 1.29 is 10.2 Å². The molecule has 0 amide bonds. The van der Waals surface area contributed by atoms with Gasteiger partial charge < -0.3 is 0 Å². The third-order valence-electron chi connectivity index (χ3n) is 6.81. The van der Waals surface area contributed by atoms with E-state index in [-0.39, 0.29) is 6.61 Å². The fourth-order valence-corrected chi connectivity index (χ4v) is 21.5. The number of aliphatic hydroxyl groups excluding tert-OH is 2. The number of hydrazine groups is 1. The van der Waals surface area contributed by atoms with Crippen molar-refractivity contribution in [1.29, 1.82) is 0 Å². The molecule has 5 heteroatoms. The molecule has 0 aliphatic heterocycles. The molecule has 0 saturated heterocycles. The fourth-order valence-electron chi connectivity index (χ4n) is 4.79. The van der Waals surface area contributed by atoms with Crippen LogP contribution < -0.4 is 10.4 Å². The Morgan fingerprint density at radius 2 is 1.18 bits per heavy atom. The first kappa shape index (κ1) is 28.2. The van der Waals surface area contributed by atoms with Crippen LogP contribution in [0, 0.1) is 0 Å². The van der Waals surface area contributed by atoms with Gasteiger partial charge in [0.25, 0.3) is 0 Å². The van der Waals surface area contributed by atoms with E-state index in [0.29, 0.717) is 0 Å². The molecule has 2 unspecified atom stereocenters. The van der Waals surface area contributed by atoms with Crippen molar-refractivity contribution >= 4 is 29.8 Å². The number of unbranched alkanes of at least 4 members (excludes halogenated alkanes) is 3. The topological polar surface area (TPSA) is 55.7 Å². The second-order valence-electron chi connectivity index (χ2n) is 9.51. The second-order valence-corrected chi connectivity index (χ2v) is 23.5. The Morgan fingerprint density at radius 1 is 0.758 bits per heavy atom. The number of anilines is 2. The summed E-state index contributed by atoms with van der Waals surface area (Å²) >= 11 is -2.54. The zero-order valence-corrected chi connectivity index (χ0v) is 23.9. The Morgan fingerprint density at radius 3 is 1.55 bits per heavy atom. The van der Waals surface area contributed by atoms with Crippen molar-refractivity contribution in [2.24, 2.45) is 0 Å². The average molecular weight is 561 g/mol. The number of hydrogen-bond acceptors (Lipinski definition) is 4. The van der Waals surface area contributed by atoms with Crippen LogP contribution in [-0.2, 0) is 0 Å². The maximum absolute atomic E-state index is 11.5. The van der Waals surface area contributed by atoms with Crippen LogP contribution in [0.3, 0.4) is 0 Å². The molecule has 2 atom stereocenters. The van der Waals surface area contributed by atoms with Gasteiger partial charge in [0.2, 0.25) is 0 Å². The van der Waals surface area contributed by atoms with Gasteiger partial charge >= 0.3 is 207 Å². The molecule has 0 spiro atoms. The number of rotatable bonds is 17. The van der Waals surface area contributed by atoms with E-state index in [4.69, 9.17) is 0 Å². The molecular weight excluding hydrogens is 515 g/mol. The van der Waals surface area contributed by atoms with E-state index in [1.165, 1.54) is 51.8 Å². The molecule has 0 fully saturated rings. The minimum absolute atomic E-state index is 0.0887. The summed E-state index contributed by atoms with van der Waals surface area (Å²) in [5.74, 6) is 0. The fraction of sp³-hybridized carbons (Fsp3) is 0.571. The number of nitrogens with one attached hydrogen (secondary N) is 1. The summed E-state index contributed by atoms with van der Waals surface area (Å²) in [6, 6.07) is 19.9. The quantitative estimate of drug-likeness (QED) is 0.145. The molecule has 0 aromatic heterocycles. The standard InChI is InChI=1S/C16H19N2O2.3C4H9.Sn/c1-13(20)16(12-19)17-18(14-8-4-2-5-9-14)15-10-6-3-7-11-15;3*1-3-4-2;/h2-11,13,16-17,19-20H,1,12H2;3*1,3-4H2,2H3;. The predicted molar refractivity (Wildman–Crippen MR) is 145 cm³/mol. The van der Waals surface area contributed by atoms with Crippen LogP contribution in [0.5, 0.6) is 0 Å². The van der Waals surface area contributed by atoms with Crippen molar-refractivity contribution in [3.8, 4) is 0 Å². The van der Waals surface area contributed by atoms with E-state index in [1.54, 1.807) is 0 Å². The van der Waals surface area contributed by atoms with Crippen LogP contribution >= 0.6 is 0 Å². The third kappa shape index (κ3) is 9.23. The Labute approximate surface area is 206 Å². The van der Waals surface area contributed by atoms with Gasteiger partial charge in [-0.2, -0.15) is 0 Å². The van der Waals surface area contributed by atoms with Crippen molar-refractivity contribution in [3.05, 3.63) is 60.7 Å². The summed E-state index contributed by atoms with van der Waals surface area (Å²) < 4.78 is 5.02. The number of nitrogens with zero attached hydrogens (tertiary/aromatic N) is 1. The molecule has 0 aliphatic carbocycles. The summed E-state index contributed by atoms with van der Waals surface area (Å²) in [4.78, 5) is 0. The van der Waals surface area contributed by atoms with Gasteiger partial charge in [-0.1, -0.05) is 0 Å². The first-order valence-electron chi connectivity index (χ1n) is 13.0. The molecule has 3 N–H and O–H groups in total. The van der Waals surface area contributed by atoms with E-state index in [9.17, 15) is 10.2 Å². The molecule has 184 valence electrons. The van der Waals surface area contributed by atoms with Crippen molar-refractivity contribution in [3.63, 3.8) is 0 Å². The van der Waals surface area contributed by atoms with Crippen LogP contribution in [0.2, 0.25) is 17.7 Å². The number of hydrogen-bond donors (Lipinski definition) is 3. The molecular formula is C28H46N2O2Sn. The van der Waals surface area contributed by atoms with Gasteiger partial charge in [0.05, 0.1) is 0 Å². The molecule has 0 bridgehead atoms. The van der Waals surface area contributed by atoms with E-state index in [2.05, 4.69) is 26.2 Å². The molecule has 0 radical (unpaired) electrons. The first-order valence-corrected chi connectivity index (χ1v) is 21.1. The van der Waals surface area contributed by atoms with Gasteiger partial charge in [-0.3, -0.25) is 0 Å². The van der Waals surface area contributed by atoms with Crippen molar-refractivity contribution in [1.82, 2.24) is 5.43 Å². The minimum atomic E-state index is -2.54. The van der Waals surface area contributed by atoms with Gasteiger partial charge in [0, 0.05) is 0 Å². The summed E-state index contributed by atoms with van der Waals surface area (Å²) in [6.45, 7) is 6.75. The zero-order chi connectivity index (χ0) is 23.9. The van der Waals surface area contributed by atoms with E-state index >= 15 is 0 Å². The van der Waals surface area contributed by atoms with Gasteiger partial charge in [0.1, 0.15) is 0 Å². The van der Waals surface area contributed by atoms with E-state index in [1.807, 2.05) is 65.7 Å². The zero-order valence-electron chi connectivity index (χ0n) is 21.0. The predicted octanol–water partition coefficient (Wildman–Crippen LogP) is 6.90. The monoisotopic (exact) mass is 562 g/mol. The number of aliphatic hydroxyl groups is 2. The average Bonchev–Trinajstić information content (AvgIpc) is 2.86. The Kier molecular flexibility index (Phi) is 13.4. The molecule has 2 rings (SSSR count). The first-order chi connectivity index (χ1) is 16.1. The van der Waals surface area contributed by atoms with Crippen LogP contribution in [-0.4, -0.2) is 47.3 Å². The van der Waals surface area contributed by atoms with Crippen molar-refractivity contribution in [2.75, 3.05) is 11.6 Å².